The molecule has 4 aromatic carbocycles. The minimum absolute atomic E-state index is 0.157. The first-order chi connectivity index (χ1) is 26.4. The lowest BCUT2D eigenvalue weighted by Gasteiger charge is -2.36. The molecule has 54 heavy (non-hydrogen) atoms. The van der Waals surface area contributed by atoms with Gasteiger partial charge in [0.1, 0.15) is 11.8 Å². The van der Waals surface area contributed by atoms with Crippen molar-refractivity contribution in [1.29, 1.82) is 0 Å². The van der Waals surface area contributed by atoms with Crippen LogP contribution in [0.2, 0.25) is 0 Å². The van der Waals surface area contributed by atoms with Gasteiger partial charge in [0.25, 0.3) is 5.91 Å². The molecule has 1 unspecified atom stereocenters. The van der Waals surface area contributed by atoms with E-state index in [2.05, 4.69) is 82.2 Å². The van der Waals surface area contributed by atoms with Crippen LogP contribution in [0.1, 0.15) is 88.5 Å². The number of amides is 3. The van der Waals surface area contributed by atoms with E-state index in [1.807, 2.05) is 41.2 Å². The summed E-state index contributed by atoms with van der Waals surface area (Å²) in [6, 6.07) is 31.3. The Bertz CT molecular complexity index is 2200. The van der Waals surface area contributed by atoms with Gasteiger partial charge in [-0.1, -0.05) is 54.6 Å². The predicted molar refractivity (Wildman–Crippen MR) is 207 cm³/mol. The summed E-state index contributed by atoms with van der Waals surface area (Å²) in [5, 5.41) is 17.3. The number of imide groups is 1. The first-order valence-electron chi connectivity index (χ1n) is 19.4. The van der Waals surface area contributed by atoms with Crippen molar-refractivity contribution in [2.45, 2.75) is 75.9 Å². The zero-order valence-electron chi connectivity index (χ0n) is 30.4. The van der Waals surface area contributed by atoms with Gasteiger partial charge in [-0.05, 0) is 120 Å². The van der Waals surface area contributed by atoms with Crippen LogP contribution in [0.25, 0.3) is 11.1 Å². The Morgan fingerprint density at radius 3 is 2.39 bits per heavy atom. The van der Waals surface area contributed by atoms with Gasteiger partial charge in [0.2, 0.25) is 11.8 Å². The maximum Gasteiger partial charge on any atom is 0.255 e. The van der Waals surface area contributed by atoms with Gasteiger partial charge < -0.3 is 14.9 Å². The minimum atomic E-state index is -0.614. The number of phenolic OH excluding ortho intramolecular Hbond substituents is 1. The minimum Gasteiger partial charge on any atom is -0.508 e. The van der Waals surface area contributed by atoms with Crippen molar-refractivity contribution >= 4 is 23.4 Å². The molecule has 274 valence electrons. The number of fused-ring (bicyclic) bond motifs is 2. The van der Waals surface area contributed by atoms with Crippen LogP contribution in [-0.4, -0.2) is 56.6 Å². The number of hydrogen-bond acceptors (Lipinski definition) is 6. The third kappa shape index (κ3) is 6.57. The molecule has 0 bridgehead atoms. The molecule has 9 heteroatoms. The maximum absolute atomic E-state index is 13.1. The summed E-state index contributed by atoms with van der Waals surface area (Å²) in [7, 11) is 0. The second kappa shape index (κ2) is 14.3. The van der Waals surface area contributed by atoms with Crippen molar-refractivity contribution < 1.29 is 19.5 Å². The predicted octanol–water partition coefficient (Wildman–Crippen LogP) is 7.19. The quantitative estimate of drug-likeness (QED) is 0.165. The molecule has 3 atom stereocenters. The lowest BCUT2D eigenvalue weighted by Crippen LogP contribution is -2.52. The van der Waals surface area contributed by atoms with Crippen LogP contribution in [0.4, 0.5) is 5.69 Å². The molecule has 5 aromatic rings. The first-order valence-corrected chi connectivity index (χ1v) is 19.4. The Morgan fingerprint density at radius 2 is 1.59 bits per heavy atom. The zero-order chi connectivity index (χ0) is 36.8. The van der Waals surface area contributed by atoms with Gasteiger partial charge in [-0.15, -0.1) is 0 Å². The molecule has 0 radical (unpaired) electrons. The van der Waals surface area contributed by atoms with Crippen molar-refractivity contribution in [3.8, 4) is 16.9 Å². The highest BCUT2D eigenvalue weighted by Crippen LogP contribution is 2.47. The fourth-order valence-corrected chi connectivity index (χ4v) is 9.35. The fourth-order valence-electron chi connectivity index (χ4n) is 9.35. The summed E-state index contributed by atoms with van der Waals surface area (Å²) >= 11 is 0. The average molecular weight is 720 g/mol. The summed E-state index contributed by atoms with van der Waals surface area (Å²) in [4.78, 5) is 41.3. The molecule has 2 saturated heterocycles. The molecule has 9 rings (SSSR count). The summed E-state index contributed by atoms with van der Waals surface area (Å²) in [5.41, 5.74) is 10.1. The van der Waals surface area contributed by atoms with Crippen molar-refractivity contribution in [2.75, 3.05) is 18.0 Å². The van der Waals surface area contributed by atoms with Crippen LogP contribution in [0, 0.1) is 5.92 Å². The number of anilines is 1. The highest BCUT2D eigenvalue weighted by Gasteiger charge is 2.39. The molecule has 3 aliphatic heterocycles. The molecule has 1 aromatic heterocycles. The summed E-state index contributed by atoms with van der Waals surface area (Å²) in [6.45, 7) is 3.29. The van der Waals surface area contributed by atoms with Crippen LogP contribution in [-0.2, 0) is 29.1 Å². The molecule has 3 amide bonds. The number of aromatic hydroxyl groups is 1. The Hall–Kier alpha value is -5.70. The molecule has 1 aliphatic carbocycles. The molecular weight excluding hydrogens is 675 g/mol. The molecule has 2 fully saturated rings. The summed E-state index contributed by atoms with van der Waals surface area (Å²) < 4.78 is 2.03. The third-order valence-electron chi connectivity index (χ3n) is 12.3. The van der Waals surface area contributed by atoms with Crippen molar-refractivity contribution in [2.24, 2.45) is 5.92 Å². The lowest BCUT2D eigenvalue weighted by molar-refractivity contribution is -0.136. The summed E-state index contributed by atoms with van der Waals surface area (Å²) in [6.07, 6.45) is 9.98. The van der Waals surface area contributed by atoms with E-state index in [1.165, 1.54) is 27.9 Å². The van der Waals surface area contributed by atoms with E-state index in [9.17, 15) is 19.5 Å². The lowest BCUT2D eigenvalue weighted by atomic mass is 9.69. The van der Waals surface area contributed by atoms with Gasteiger partial charge in [-0.25, -0.2) is 0 Å². The van der Waals surface area contributed by atoms with Gasteiger partial charge in [0.15, 0.2) is 0 Å². The van der Waals surface area contributed by atoms with E-state index in [4.69, 9.17) is 0 Å². The van der Waals surface area contributed by atoms with Crippen molar-refractivity contribution in [3.05, 3.63) is 137 Å². The number of carbonyl (C=O) groups excluding carboxylic acids is 3. The largest absolute Gasteiger partial charge is 0.508 e. The second-order valence-corrected chi connectivity index (χ2v) is 15.5. The van der Waals surface area contributed by atoms with Gasteiger partial charge in [-0.3, -0.25) is 24.4 Å². The number of phenols is 1. The van der Waals surface area contributed by atoms with E-state index in [1.54, 1.807) is 4.90 Å². The molecule has 0 spiro atoms. The van der Waals surface area contributed by atoms with Gasteiger partial charge in [0.05, 0.1) is 6.20 Å². The highest BCUT2D eigenvalue weighted by molar-refractivity contribution is 6.05. The van der Waals surface area contributed by atoms with Crippen LogP contribution >= 0.6 is 0 Å². The molecule has 9 nitrogen and oxygen atoms in total. The normalized spacial score (nSPS) is 21.6. The number of aryl methyl sites for hydroxylation is 2. The SMILES string of the molecule is O=C1CCC(N2Cc3cc(-c4cnn(CCC5CCN(c6ccc([C@@H]7c8ccc(O)cc8CC[C@@H]7c7ccccc7)cc6)CC5)c4)ccc3C2=O)C(=O)N1. The second-order valence-electron chi connectivity index (χ2n) is 15.5. The zero-order valence-corrected chi connectivity index (χ0v) is 30.4. The van der Waals surface area contributed by atoms with Crippen LogP contribution in [0.15, 0.2) is 103 Å². The molecular formula is C45H45N5O4. The number of hydrogen-bond donors (Lipinski definition) is 2. The monoisotopic (exact) mass is 719 g/mol. The van der Waals surface area contributed by atoms with Gasteiger partial charge in [0, 0.05) is 61.5 Å². The molecule has 4 aliphatic rings. The number of rotatable bonds is 8. The van der Waals surface area contributed by atoms with Crippen molar-refractivity contribution in [3.63, 3.8) is 0 Å². The highest BCUT2D eigenvalue weighted by atomic mass is 16.3. The Kier molecular flexibility index (Phi) is 9.01. The number of nitrogens with zero attached hydrogens (tertiary/aromatic N) is 4. The van der Waals surface area contributed by atoms with E-state index >= 15 is 0 Å². The average Bonchev–Trinajstić information content (AvgIpc) is 3.81. The number of benzene rings is 4. The molecule has 0 saturated carbocycles. The number of piperidine rings is 2. The van der Waals surface area contributed by atoms with Crippen molar-refractivity contribution in [1.82, 2.24) is 20.0 Å². The third-order valence-corrected chi connectivity index (χ3v) is 12.3. The number of carbonyl (C=O) groups is 3. The van der Waals surface area contributed by atoms with Gasteiger partial charge in [-0.2, -0.15) is 5.10 Å². The topological polar surface area (TPSA) is 108 Å². The van der Waals surface area contributed by atoms with Crippen LogP contribution in [0.5, 0.6) is 5.75 Å². The molecule has 4 heterocycles. The first kappa shape index (κ1) is 34.1. The maximum atomic E-state index is 13.1. The van der Waals surface area contributed by atoms with Crippen LogP contribution < -0.4 is 10.2 Å². The number of nitrogens with one attached hydrogen (secondary N) is 1. The van der Waals surface area contributed by atoms with Crippen LogP contribution in [0.3, 0.4) is 0 Å². The Morgan fingerprint density at radius 1 is 0.778 bits per heavy atom. The standard InChI is InChI=1S/C45H45N5O4/c51-37-12-15-39-33(25-37)9-13-38(30-4-2-1-3-5-30)43(39)31-6-10-36(11-7-31)48-21-18-29(19-22-48)20-23-49-27-35(26-46-49)32-8-14-40-34(24-32)28-50(45(40)54)41-16-17-42(52)47-44(41)53/h1-8,10-12,14-15,24-27,29,38,41,43,51H,9,13,16-23,28H2,(H,47,52,53)/t38-,41?,43+/m1/s1. The smallest absolute Gasteiger partial charge is 0.255 e. The van der Waals surface area contributed by atoms with E-state index in [0.29, 0.717) is 36.1 Å². The number of aromatic nitrogens is 2. The fraction of sp³-hybridized carbons (Fsp3) is 0.333. The molecule has 2 N–H and O–H groups in total. The summed E-state index contributed by atoms with van der Waals surface area (Å²) in [5.74, 6) is 0.797. The Balaban J connectivity index is 0.805. The van der Waals surface area contributed by atoms with E-state index < -0.39 is 11.9 Å². The Labute approximate surface area is 315 Å². The van der Waals surface area contributed by atoms with E-state index in [0.717, 1.165) is 68.4 Å². The van der Waals surface area contributed by atoms with Gasteiger partial charge >= 0.3 is 0 Å². The van der Waals surface area contributed by atoms with E-state index in [-0.39, 0.29) is 24.2 Å².